The van der Waals surface area contributed by atoms with Gasteiger partial charge in [-0.15, -0.1) is 0 Å². The molecule has 0 aliphatic carbocycles. The molecule has 1 aliphatic rings. The van der Waals surface area contributed by atoms with E-state index in [1.807, 2.05) is 42.5 Å². The van der Waals surface area contributed by atoms with Gasteiger partial charge in [0, 0.05) is 42.5 Å². The molecule has 2 amide bonds. The Hall–Kier alpha value is -3.84. The molecule has 1 heterocycles. The molecule has 0 atom stereocenters. The summed E-state index contributed by atoms with van der Waals surface area (Å²) in [6, 6.07) is 24.7. The molecule has 0 spiro atoms. The molecular formula is C27H29N3O4. The van der Waals surface area contributed by atoms with Crippen molar-refractivity contribution < 1.29 is 19.1 Å². The maximum Gasteiger partial charge on any atom is 0.254 e. The van der Waals surface area contributed by atoms with Gasteiger partial charge in [-0.05, 0) is 42.0 Å². The highest BCUT2D eigenvalue weighted by Crippen LogP contribution is 2.18. The molecule has 1 aliphatic heterocycles. The topological polar surface area (TPSA) is 79.9 Å². The molecule has 0 aromatic heterocycles. The first-order chi connectivity index (χ1) is 16.7. The lowest BCUT2D eigenvalue weighted by Crippen LogP contribution is -2.40. The van der Waals surface area contributed by atoms with Gasteiger partial charge < -0.3 is 25.0 Å². The van der Waals surface area contributed by atoms with E-state index in [-0.39, 0.29) is 18.4 Å². The van der Waals surface area contributed by atoms with Crippen LogP contribution in [0.15, 0.2) is 78.9 Å². The fourth-order valence-electron chi connectivity index (χ4n) is 3.66. The molecule has 3 aromatic carbocycles. The highest BCUT2D eigenvalue weighted by molar-refractivity contribution is 5.96. The van der Waals surface area contributed by atoms with Crippen LogP contribution in [0.2, 0.25) is 0 Å². The van der Waals surface area contributed by atoms with Crippen LogP contribution in [0.25, 0.3) is 0 Å². The number of rotatable bonds is 9. The van der Waals surface area contributed by atoms with Crippen LogP contribution in [0.3, 0.4) is 0 Å². The molecule has 4 rings (SSSR count). The minimum Gasteiger partial charge on any atom is -0.493 e. The fraction of sp³-hybridized carbons (Fsp3) is 0.259. The summed E-state index contributed by atoms with van der Waals surface area (Å²) in [6.07, 6.45) is 0.831. The van der Waals surface area contributed by atoms with Crippen molar-refractivity contribution in [1.82, 2.24) is 4.90 Å². The summed E-state index contributed by atoms with van der Waals surface area (Å²) in [5.41, 5.74) is 3.27. The van der Waals surface area contributed by atoms with Crippen LogP contribution in [-0.2, 0) is 16.0 Å². The first-order valence-electron chi connectivity index (χ1n) is 11.4. The standard InChI is InChI=1S/C27H29N3O4/c31-26(29-23-11-9-22(10-12-23)27(32)30-14-17-33-18-15-30)20-28-24-7-4-8-25(19-24)34-16-13-21-5-2-1-3-6-21/h1-12,19,28H,13-18,20H2,(H,29,31). The number of morpholine rings is 1. The van der Waals surface area contributed by atoms with E-state index in [1.54, 1.807) is 29.2 Å². The second-order valence-electron chi connectivity index (χ2n) is 8.00. The fourth-order valence-corrected chi connectivity index (χ4v) is 3.66. The number of hydrogen-bond donors (Lipinski definition) is 2. The van der Waals surface area contributed by atoms with Crippen LogP contribution in [0.5, 0.6) is 5.75 Å². The van der Waals surface area contributed by atoms with Crippen molar-refractivity contribution in [2.24, 2.45) is 0 Å². The number of benzene rings is 3. The molecule has 0 radical (unpaired) electrons. The zero-order valence-electron chi connectivity index (χ0n) is 19.0. The molecule has 176 valence electrons. The van der Waals surface area contributed by atoms with E-state index in [9.17, 15) is 9.59 Å². The van der Waals surface area contributed by atoms with E-state index in [2.05, 4.69) is 22.8 Å². The number of nitrogens with zero attached hydrogens (tertiary/aromatic N) is 1. The van der Waals surface area contributed by atoms with Crippen LogP contribution in [-0.4, -0.2) is 56.2 Å². The SMILES string of the molecule is O=C(CNc1cccc(OCCc2ccccc2)c1)Nc1ccc(C(=O)N2CCOCC2)cc1. The highest BCUT2D eigenvalue weighted by atomic mass is 16.5. The van der Waals surface area contributed by atoms with Crippen molar-refractivity contribution in [3.63, 3.8) is 0 Å². The molecule has 0 bridgehead atoms. The van der Waals surface area contributed by atoms with Crippen LogP contribution in [0.1, 0.15) is 15.9 Å². The van der Waals surface area contributed by atoms with E-state index in [0.717, 1.165) is 17.9 Å². The monoisotopic (exact) mass is 459 g/mol. The van der Waals surface area contributed by atoms with Crippen molar-refractivity contribution in [2.45, 2.75) is 6.42 Å². The predicted molar refractivity (Wildman–Crippen MR) is 132 cm³/mol. The van der Waals surface area contributed by atoms with Crippen molar-refractivity contribution in [1.29, 1.82) is 0 Å². The molecule has 0 saturated carbocycles. The van der Waals surface area contributed by atoms with Gasteiger partial charge in [-0.3, -0.25) is 9.59 Å². The average molecular weight is 460 g/mol. The quantitative estimate of drug-likeness (QED) is 0.508. The van der Waals surface area contributed by atoms with Gasteiger partial charge in [0.05, 0.1) is 26.4 Å². The minimum absolute atomic E-state index is 0.0197. The maximum absolute atomic E-state index is 12.5. The number of ether oxygens (including phenoxy) is 2. The molecule has 0 unspecified atom stereocenters. The van der Waals surface area contributed by atoms with E-state index in [4.69, 9.17) is 9.47 Å². The Morgan fingerprint density at radius 1 is 0.882 bits per heavy atom. The number of anilines is 2. The van der Waals surface area contributed by atoms with Gasteiger partial charge in [0.1, 0.15) is 5.75 Å². The summed E-state index contributed by atoms with van der Waals surface area (Å²) < 4.78 is 11.1. The van der Waals surface area contributed by atoms with Gasteiger partial charge in [0.15, 0.2) is 0 Å². The smallest absolute Gasteiger partial charge is 0.254 e. The van der Waals surface area contributed by atoms with E-state index in [1.165, 1.54) is 5.56 Å². The number of carbonyl (C=O) groups excluding carboxylic acids is 2. The van der Waals surface area contributed by atoms with Gasteiger partial charge >= 0.3 is 0 Å². The van der Waals surface area contributed by atoms with Crippen LogP contribution in [0, 0.1) is 0 Å². The van der Waals surface area contributed by atoms with Crippen LogP contribution >= 0.6 is 0 Å². The summed E-state index contributed by atoms with van der Waals surface area (Å²) in [6.45, 7) is 3.02. The lowest BCUT2D eigenvalue weighted by Gasteiger charge is -2.26. The van der Waals surface area contributed by atoms with Crippen molar-refractivity contribution in [3.05, 3.63) is 90.0 Å². The second-order valence-corrected chi connectivity index (χ2v) is 8.00. The Morgan fingerprint density at radius 3 is 2.41 bits per heavy atom. The number of hydrogen-bond acceptors (Lipinski definition) is 5. The third-order valence-corrected chi connectivity index (χ3v) is 5.50. The van der Waals surface area contributed by atoms with E-state index in [0.29, 0.717) is 44.2 Å². The number of amides is 2. The van der Waals surface area contributed by atoms with Gasteiger partial charge in [-0.25, -0.2) is 0 Å². The van der Waals surface area contributed by atoms with Crippen molar-refractivity contribution >= 4 is 23.2 Å². The average Bonchev–Trinajstić information content (AvgIpc) is 2.89. The van der Waals surface area contributed by atoms with Gasteiger partial charge in [0.25, 0.3) is 5.91 Å². The predicted octanol–water partition coefficient (Wildman–Crippen LogP) is 3.83. The summed E-state index contributed by atoms with van der Waals surface area (Å²) >= 11 is 0. The van der Waals surface area contributed by atoms with Crippen molar-refractivity contribution in [3.8, 4) is 5.75 Å². The first kappa shape index (κ1) is 23.3. The normalized spacial score (nSPS) is 13.2. The summed E-state index contributed by atoms with van der Waals surface area (Å²) in [7, 11) is 0. The highest BCUT2D eigenvalue weighted by Gasteiger charge is 2.18. The van der Waals surface area contributed by atoms with Gasteiger partial charge in [-0.2, -0.15) is 0 Å². The molecule has 7 heteroatoms. The number of nitrogens with one attached hydrogen (secondary N) is 2. The molecule has 2 N–H and O–H groups in total. The van der Waals surface area contributed by atoms with Crippen molar-refractivity contribution in [2.75, 3.05) is 50.1 Å². The van der Waals surface area contributed by atoms with Crippen LogP contribution in [0.4, 0.5) is 11.4 Å². The summed E-state index contributed by atoms with van der Waals surface area (Å²) in [4.78, 5) is 26.7. The molecule has 34 heavy (non-hydrogen) atoms. The summed E-state index contributed by atoms with van der Waals surface area (Å²) in [5.74, 6) is 0.554. The van der Waals surface area contributed by atoms with Gasteiger partial charge in [0.2, 0.25) is 5.91 Å². The Balaban J connectivity index is 1.22. The van der Waals surface area contributed by atoms with E-state index >= 15 is 0 Å². The third kappa shape index (κ3) is 6.83. The lowest BCUT2D eigenvalue weighted by molar-refractivity contribution is -0.114. The largest absolute Gasteiger partial charge is 0.493 e. The lowest BCUT2D eigenvalue weighted by atomic mass is 10.1. The molecule has 1 fully saturated rings. The zero-order valence-corrected chi connectivity index (χ0v) is 19.0. The first-order valence-corrected chi connectivity index (χ1v) is 11.4. The molecular weight excluding hydrogens is 430 g/mol. The van der Waals surface area contributed by atoms with E-state index < -0.39 is 0 Å². The zero-order chi connectivity index (χ0) is 23.6. The van der Waals surface area contributed by atoms with Crippen LogP contribution < -0.4 is 15.4 Å². The Morgan fingerprint density at radius 2 is 1.65 bits per heavy atom. The summed E-state index contributed by atoms with van der Waals surface area (Å²) in [5, 5.41) is 5.97. The Bertz CT molecular complexity index is 1080. The molecule has 7 nitrogen and oxygen atoms in total. The maximum atomic E-state index is 12.5. The molecule has 1 saturated heterocycles. The minimum atomic E-state index is -0.178. The molecule has 3 aromatic rings. The number of carbonyl (C=O) groups is 2. The Labute approximate surface area is 199 Å². The Kier molecular flexibility index (Phi) is 8.13. The third-order valence-electron chi connectivity index (χ3n) is 5.50. The van der Waals surface area contributed by atoms with Gasteiger partial charge in [-0.1, -0.05) is 36.4 Å². The second kappa shape index (κ2) is 11.9.